The van der Waals surface area contributed by atoms with Crippen LogP contribution in [0.5, 0.6) is 0 Å². The van der Waals surface area contributed by atoms with Crippen molar-refractivity contribution in [3.63, 3.8) is 0 Å². The molecule has 0 saturated carbocycles. The van der Waals surface area contributed by atoms with E-state index in [4.69, 9.17) is 0 Å². The molecule has 15 heteroatoms. The van der Waals surface area contributed by atoms with Gasteiger partial charge in [-0.05, 0) is 11.1 Å². The number of nitrogens with zero attached hydrogens (tertiary/aromatic N) is 1. The summed E-state index contributed by atoms with van der Waals surface area (Å²) in [6, 6.07) is 3.94. The lowest BCUT2D eigenvalue weighted by Gasteiger charge is -2.32. The summed E-state index contributed by atoms with van der Waals surface area (Å²) < 4.78 is 134. The maximum atomic E-state index is 13.5. The fraction of sp³-hybridized carbons (Fsp3) is 0.250. The molecule has 0 heterocycles. The number of alkyl halides is 6. The molecule has 1 rings (SSSR count). The van der Waals surface area contributed by atoms with Gasteiger partial charge in [-0.1, -0.05) is 36.9 Å². The molecular weight excluding hydrogens is 432 g/mol. The first kappa shape index (κ1) is 22.9. The first-order valence-corrected chi connectivity index (χ1v) is 9.10. The van der Waals surface area contributed by atoms with Gasteiger partial charge in [0, 0.05) is 5.90 Å². The standard InChI is InChI=1S/C12H9F6NO6S2/c1-2-7-3-5-8(6-4-7)9(20)19-26(21,22)11(15,16)10(13,14)12(17,18)27(23,24)25/h2-6H,1H2,(H,19,20)(H,23,24,25)/p-2. The van der Waals surface area contributed by atoms with Crippen molar-refractivity contribution in [2.45, 2.75) is 16.4 Å². The van der Waals surface area contributed by atoms with Crippen LogP contribution in [0, 0.1) is 0 Å². The molecule has 0 fully saturated rings. The molecule has 0 bridgehead atoms. The second-order valence-electron chi connectivity index (χ2n) is 4.76. The number of rotatable bonds is 7. The van der Waals surface area contributed by atoms with Crippen LogP contribution >= 0.6 is 0 Å². The molecule has 0 aliphatic heterocycles. The predicted molar refractivity (Wildman–Crippen MR) is 76.5 cm³/mol. The molecule has 0 N–H and O–H groups in total. The zero-order valence-electron chi connectivity index (χ0n) is 12.6. The van der Waals surface area contributed by atoms with E-state index in [1.807, 2.05) is 4.40 Å². The molecule has 7 nitrogen and oxygen atoms in total. The van der Waals surface area contributed by atoms with E-state index in [0.29, 0.717) is 5.56 Å². The van der Waals surface area contributed by atoms with Crippen LogP contribution in [0.3, 0.4) is 0 Å². The predicted octanol–water partition coefficient (Wildman–Crippen LogP) is 1.13. The molecule has 0 unspecified atom stereocenters. The first-order valence-electron chi connectivity index (χ1n) is 6.25. The van der Waals surface area contributed by atoms with Crippen LogP contribution in [0.25, 0.3) is 6.08 Å². The van der Waals surface area contributed by atoms with Gasteiger partial charge < -0.3 is 9.66 Å². The van der Waals surface area contributed by atoms with E-state index in [0.717, 1.165) is 24.3 Å². The lowest BCUT2D eigenvalue weighted by molar-refractivity contribution is -0.246. The Hall–Kier alpha value is -2.13. The number of sulfonamides is 1. The third-order valence-electron chi connectivity index (χ3n) is 2.97. The third kappa shape index (κ3) is 3.79. The normalized spacial score (nSPS) is 14.9. The summed E-state index contributed by atoms with van der Waals surface area (Å²) in [5.41, 5.74) is -0.321. The Morgan fingerprint density at radius 3 is 1.78 bits per heavy atom. The highest BCUT2D eigenvalue weighted by Crippen LogP contribution is 2.50. The van der Waals surface area contributed by atoms with E-state index in [9.17, 15) is 52.8 Å². The van der Waals surface area contributed by atoms with Crippen molar-refractivity contribution in [1.82, 2.24) is 0 Å². The summed E-state index contributed by atoms with van der Waals surface area (Å²) >= 11 is 0. The fourth-order valence-corrected chi connectivity index (χ4v) is 2.87. The Morgan fingerprint density at radius 1 is 0.963 bits per heavy atom. The van der Waals surface area contributed by atoms with Gasteiger partial charge in [0.2, 0.25) is 0 Å². The first-order chi connectivity index (χ1) is 11.9. The summed E-state index contributed by atoms with van der Waals surface area (Å²) in [6.07, 6.45) is 1.27. The van der Waals surface area contributed by atoms with Gasteiger partial charge in [-0.15, -0.1) is 0 Å². The maximum absolute atomic E-state index is 13.5. The maximum Gasteiger partial charge on any atom is 0.434 e. The van der Waals surface area contributed by atoms with Gasteiger partial charge in [0.05, 0.1) is 0 Å². The van der Waals surface area contributed by atoms with Crippen LogP contribution in [0.2, 0.25) is 0 Å². The van der Waals surface area contributed by atoms with Crippen LogP contribution in [-0.2, 0) is 20.1 Å². The van der Waals surface area contributed by atoms with Crippen molar-refractivity contribution in [1.29, 1.82) is 0 Å². The largest absolute Gasteiger partial charge is 0.858 e. The summed E-state index contributed by atoms with van der Waals surface area (Å²) in [7, 11) is -14.4. The van der Waals surface area contributed by atoms with E-state index in [-0.39, 0.29) is 0 Å². The lowest BCUT2D eigenvalue weighted by Crippen LogP contribution is -2.60. The molecule has 0 atom stereocenters. The molecule has 1 aromatic carbocycles. The Labute approximate surface area is 148 Å². The molecule has 27 heavy (non-hydrogen) atoms. The highest BCUT2D eigenvalue weighted by molar-refractivity contribution is 7.91. The van der Waals surface area contributed by atoms with Gasteiger partial charge in [0.1, 0.15) is 0 Å². The number of halogens is 6. The summed E-state index contributed by atoms with van der Waals surface area (Å²) in [5.74, 6) is -9.26. The summed E-state index contributed by atoms with van der Waals surface area (Å²) in [5, 5.41) is -2.36. The van der Waals surface area contributed by atoms with Gasteiger partial charge in [-0.25, -0.2) is 8.42 Å². The molecule has 0 amide bonds. The van der Waals surface area contributed by atoms with Crippen LogP contribution in [0.4, 0.5) is 26.3 Å². The minimum atomic E-state index is -7.41. The third-order valence-corrected chi connectivity index (χ3v) is 5.16. The van der Waals surface area contributed by atoms with Crippen LogP contribution in [-0.4, -0.2) is 43.7 Å². The zero-order valence-corrected chi connectivity index (χ0v) is 14.2. The minimum absolute atomic E-state index is 0.381. The fourth-order valence-electron chi connectivity index (χ4n) is 1.47. The van der Waals surface area contributed by atoms with Crippen molar-refractivity contribution in [2.24, 2.45) is 4.40 Å². The highest BCUT2D eigenvalue weighted by atomic mass is 32.2. The topological polar surface area (TPSA) is 127 Å². The second kappa shape index (κ2) is 6.79. The molecule has 0 spiro atoms. The van der Waals surface area contributed by atoms with Crippen molar-refractivity contribution < 1.29 is 52.8 Å². The van der Waals surface area contributed by atoms with Crippen LogP contribution < -0.4 is 5.11 Å². The van der Waals surface area contributed by atoms with E-state index < -0.39 is 48.0 Å². The Morgan fingerprint density at radius 2 is 1.41 bits per heavy atom. The van der Waals surface area contributed by atoms with E-state index in [1.54, 1.807) is 0 Å². The van der Waals surface area contributed by atoms with E-state index in [2.05, 4.69) is 6.58 Å². The number of benzene rings is 1. The Bertz CT molecular complexity index is 970. The molecule has 0 saturated heterocycles. The van der Waals surface area contributed by atoms with Gasteiger partial charge in [0.25, 0.3) is 0 Å². The van der Waals surface area contributed by atoms with Gasteiger partial charge in [-0.2, -0.15) is 39.2 Å². The van der Waals surface area contributed by atoms with Crippen molar-refractivity contribution in [2.75, 3.05) is 0 Å². The second-order valence-corrected chi connectivity index (χ2v) is 7.83. The minimum Gasteiger partial charge on any atom is -0.858 e. The van der Waals surface area contributed by atoms with Crippen molar-refractivity contribution >= 4 is 32.1 Å². The van der Waals surface area contributed by atoms with Gasteiger partial charge in [0.15, 0.2) is 10.1 Å². The molecule has 0 aliphatic carbocycles. The highest BCUT2D eigenvalue weighted by Gasteiger charge is 2.80. The average molecular weight is 439 g/mol. The van der Waals surface area contributed by atoms with Crippen LogP contribution in [0.15, 0.2) is 35.2 Å². The average Bonchev–Trinajstić information content (AvgIpc) is 2.52. The smallest absolute Gasteiger partial charge is 0.434 e. The summed E-state index contributed by atoms with van der Waals surface area (Å²) in [6.45, 7) is 3.33. The monoisotopic (exact) mass is 439 g/mol. The lowest BCUT2D eigenvalue weighted by atomic mass is 10.1. The van der Waals surface area contributed by atoms with Crippen molar-refractivity contribution in [3.05, 3.63) is 42.0 Å². The summed E-state index contributed by atoms with van der Waals surface area (Å²) in [4.78, 5) is 0. The number of hydrogen-bond acceptors (Lipinski definition) is 6. The molecule has 0 aliphatic rings. The van der Waals surface area contributed by atoms with Gasteiger partial charge in [-0.3, -0.25) is 0 Å². The Balaban J connectivity index is 3.48. The zero-order chi connectivity index (χ0) is 21.5. The van der Waals surface area contributed by atoms with Crippen LogP contribution in [0.1, 0.15) is 11.1 Å². The molecular formula is C12H7F6NO6S2-2. The van der Waals surface area contributed by atoms with E-state index >= 15 is 0 Å². The van der Waals surface area contributed by atoms with Gasteiger partial charge >= 0.3 is 26.5 Å². The SMILES string of the molecule is C=Cc1ccc(C([O-])=NS(=O)(=O)C(F)(F)C(F)(F)C(F)(F)S(=O)(=O)[O-])cc1. The molecule has 1 aromatic rings. The van der Waals surface area contributed by atoms with E-state index in [1.165, 1.54) is 6.08 Å². The van der Waals surface area contributed by atoms with Crippen molar-refractivity contribution in [3.8, 4) is 0 Å². The Kier molecular flexibility index (Phi) is 5.76. The molecule has 152 valence electrons. The molecule has 0 aromatic heterocycles. The quantitative estimate of drug-likeness (QED) is 0.271. The molecule has 0 radical (unpaired) electrons. The number of hydrogen-bond donors (Lipinski definition) is 0.